The Balaban J connectivity index is 0.00000123. The molecule has 0 amide bonds. The molecule has 0 radical (unpaired) electrons. The molecule has 0 aliphatic carbocycles. The van der Waals surface area contributed by atoms with Crippen molar-refractivity contribution in [3.8, 4) is 11.1 Å². The molecule has 2 aromatic rings. The standard InChI is InChI=1S/C19H24O.2C2H6/c1-18(2,3)16-10-6-14(7-11-16)15-8-12-17(13-9-15)19(4,5)20;2*1-2/h6-13,20H,1-5H3;2*1-2H3. The largest absolute Gasteiger partial charge is 0.386 e. The highest BCUT2D eigenvalue weighted by Gasteiger charge is 2.16. The molecule has 1 N–H and O–H groups in total. The second-order valence-corrected chi connectivity index (χ2v) is 6.96. The van der Waals surface area contributed by atoms with Gasteiger partial charge in [-0.1, -0.05) is 97.0 Å². The number of rotatable bonds is 2. The number of aliphatic hydroxyl groups is 1. The molecule has 2 aromatic carbocycles. The highest BCUT2D eigenvalue weighted by molar-refractivity contribution is 5.64. The molecule has 0 spiro atoms. The summed E-state index contributed by atoms with van der Waals surface area (Å²) in [7, 11) is 0. The van der Waals surface area contributed by atoms with E-state index in [4.69, 9.17) is 0 Å². The molecule has 0 atom stereocenters. The van der Waals surface area contributed by atoms with E-state index in [0.29, 0.717) is 0 Å². The van der Waals surface area contributed by atoms with Gasteiger partial charge in [-0.3, -0.25) is 0 Å². The molecule has 0 bridgehead atoms. The maximum atomic E-state index is 9.98. The van der Waals surface area contributed by atoms with Crippen LogP contribution in [0, 0.1) is 0 Å². The Bertz CT molecular complexity index is 508. The fourth-order valence-electron chi connectivity index (χ4n) is 2.23. The van der Waals surface area contributed by atoms with E-state index < -0.39 is 5.60 Å². The van der Waals surface area contributed by atoms with Crippen molar-refractivity contribution in [2.45, 2.75) is 73.3 Å². The first kappa shape index (κ1) is 22.4. The molecular weight excluding hydrogens is 292 g/mol. The summed E-state index contributed by atoms with van der Waals surface area (Å²) in [4.78, 5) is 0. The van der Waals surface area contributed by atoms with Crippen molar-refractivity contribution >= 4 is 0 Å². The van der Waals surface area contributed by atoms with Gasteiger partial charge in [-0.2, -0.15) is 0 Å². The molecule has 0 aromatic heterocycles. The van der Waals surface area contributed by atoms with E-state index >= 15 is 0 Å². The van der Waals surface area contributed by atoms with Crippen molar-refractivity contribution < 1.29 is 5.11 Å². The van der Waals surface area contributed by atoms with Crippen LogP contribution < -0.4 is 0 Å². The van der Waals surface area contributed by atoms with Crippen LogP contribution in [-0.2, 0) is 11.0 Å². The lowest BCUT2D eigenvalue weighted by molar-refractivity contribution is 0.0786. The van der Waals surface area contributed by atoms with E-state index in [1.807, 2.05) is 39.8 Å². The third-order valence-electron chi connectivity index (χ3n) is 3.68. The third-order valence-corrected chi connectivity index (χ3v) is 3.68. The Morgan fingerprint density at radius 3 is 1.08 bits per heavy atom. The Hall–Kier alpha value is -1.60. The van der Waals surface area contributed by atoms with Crippen LogP contribution >= 0.6 is 0 Å². The highest BCUT2D eigenvalue weighted by Crippen LogP contribution is 2.27. The average Bonchev–Trinajstić information content (AvgIpc) is 2.57. The Labute approximate surface area is 149 Å². The summed E-state index contributed by atoms with van der Waals surface area (Å²) in [6, 6.07) is 16.8. The van der Waals surface area contributed by atoms with Gasteiger partial charge in [0.15, 0.2) is 0 Å². The summed E-state index contributed by atoms with van der Waals surface area (Å²) in [6.45, 7) is 18.3. The summed E-state index contributed by atoms with van der Waals surface area (Å²) in [5, 5.41) is 9.98. The topological polar surface area (TPSA) is 20.2 Å². The average molecular weight is 329 g/mol. The maximum Gasteiger partial charge on any atom is 0.0840 e. The number of hydrogen-bond acceptors (Lipinski definition) is 1. The monoisotopic (exact) mass is 328 g/mol. The maximum absolute atomic E-state index is 9.98. The molecule has 1 heteroatoms. The van der Waals surface area contributed by atoms with Crippen LogP contribution in [0.25, 0.3) is 11.1 Å². The Kier molecular flexibility index (Phi) is 8.99. The van der Waals surface area contributed by atoms with Gasteiger partial charge in [0.25, 0.3) is 0 Å². The van der Waals surface area contributed by atoms with Gasteiger partial charge in [-0.05, 0) is 41.5 Å². The zero-order valence-electron chi connectivity index (χ0n) is 17.1. The van der Waals surface area contributed by atoms with Crippen LogP contribution in [0.15, 0.2) is 48.5 Å². The van der Waals surface area contributed by atoms with Gasteiger partial charge in [0.1, 0.15) is 0 Å². The van der Waals surface area contributed by atoms with Gasteiger partial charge in [-0.15, -0.1) is 0 Å². The second-order valence-electron chi connectivity index (χ2n) is 6.96. The van der Waals surface area contributed by atoms with Gasteiger partial charge < -0.3 is 5.11 Å². The fraction of sp³-hybridized carbons (Fsp3) is 0.478. The quantitative estimate of drug-likeness (QED) is 0.633. The van der Waals surface area contributed by atoms with Crippen molar-refractivity contribution in [2.75, 3.05) is 0 Å². The van der Waals surface area contributed by atoms with E-state index in [-0.39, 0.29) is 5.41 Å². The minimum absolute atomic E-state index is 0.184. The van der Waals surface area contributed by atoms with E-state index in [0.717, 1.165) is 5.56 Å². The molecule has 0 aliphatic heterocycles. The normalized spacial score (nSPS) is 10.9. The van der Waals surface area contributed by atoms with E-state index in [1.165, 1.54) is 16.7 Å². The lowest BCUT2D eigenvalue weighted by atomic mass is 9.86. The van der Waals surface area contributed by atoms with Gasteiger partial charge in [0.05, 0.1) is 5.60 Å². The molecule has 0 saturated heterocycles. The van der Waals surface area contributed by atoms with Gasteiger partial charge >= 0.3 is 0 Å². The third kappa shape index (κ3) is 6.49. The van der Waals surface area contributed by atoms with E-state index in [1.54, 1.807) is 13.8 Å². The lowest BCUT2D eigenvalue weighted by Crippen LogP contribution is -2.14. The highest BCUT2D eigenvalue weighted by atomic mass is 16.3. The van der Waals surface area contributed by atoms with Crippen LogP contribution in [0.3, 0.4) is 0 Å². The van der Waals surface area contributed by atoms with Gasteiger partial charge in [0.2, 0.25) is 0 Å². The van der Waals surface area contributed by atoms with Crippen molar-refractivity contribution in [1.82, 2.24) is 0 Å². The van der Waals surface area contributed by atoms with Gasteiger partial charge in [0, 0.05) is 0 Å². The minimum atomic E-state index is -0.783. The second kappa shape index (κ2) is 9.64. The number of benzene rings is 2. The van der Waals surface area contributed by atoms with Crippen molar-refractivity contribution in [3.63, 3.8) is 0 Å². The minimum Gasteiger partial charge on any atom is -0.386 e. The van der Waals surface area contributed by atoms with Crippen LogP contribution in [0.5, 0.6) is 0 Å². The smallest absolute Gasteiger partial charge is 0.0840 e. The SMILES string of the molecule is CC.CC.CC(C)(C)c1ccc(-c2ccc(C(C)(C)O)cc2)cc1. The predicted octanol–water partition coefficient (Wildman–Crippen LogP) is 6.93. The molecule has 0 unspecified atom stereocenters. The molecule has 0 heterocycles. The first-order valence-corrected chi connectivity index (χ1v) is 9.12. The summed E-state index contributed by atoms with van der Waals surface area (Å²) < 4.78 is 0. The summed E-state index contributed by atoms with van der Waals surface area (Å²) in [5.74, 6) is 0. The van der Waals surface area contributed by atoms with E-state index in [2.05, 4.69) is 57.2 Å². The Morgan fingerprint density at radius 2 is 0.833 bits per heavy atom. The van der Waals surface area contributed by atoms with Crippen LogP contribution in [-0.4, -0.2) is 5.11 Å². The molecule has 0 aliphatic rings. The van der Waals surface area contributed by atoms with Crippen molar-refractivity contribution in [3.05, 3.63) is 59.7 Å². The van der Waals surface area contributed by atoms with Crippen molar-refractivity contribution in [1.29, 1.82) is 0 Å². The molecule has 0 fully saturated rings. The summed E-state index contributed by atoms with van der Waals surface area (Å²) in [6.07, 6.45) is 0. The molecule has 134 valence electrons. The summed E-state index contributed by atoms with van der Waals surface area (Å²) in [5.41, 5.74) is 4.07. The lowest BCUT2D eigenvalue weighted by Gasteiger charge is -2.20. The zero-order valence-corrected chi connectivity index (χ0v) is 17.1. The van der Waals surface area contributed by atoms with Crippen LogP contribution in [0.1, 0.15) is 73.4 Å². The molecule has 2 rings (SSSR count). The first-order valence-electron chi connectivity index (χ1n) is 9.12. The first-order chi connectivity index (χ1) is 11.2. The van der Waals surface area contributed by atoms with E-state index in [9.17, 15) is 5.11 Å². The van der Waals surface area contributed by atoms with Crippen molar-refractivity contribution in [2.24, 2.45) is 0 Å². The zero-order chi connectivity index (χ0) is 19.0. The molecule has 0 saturated carbocycles. The van der Waals surface area contributed by atoms with Crippen LogP contribution in [0.2, 0.25) is 0 Å². The van der Waals surface area contributed by atoms with Crippen LogP contribution in [0.4, 0.5) is 0 Å². The van der Waals surface area contributed by atoms with Gasteiger partial charge in [-0.25, -0.2) is 0 Å². The predicted molar refractivity (Wildman–Crippen MR) is 109 cm³/mol. The number of hydrogen-bond donors (Lipinski definition) is 1. The Morgan fingerprint density at radius 1 is 0.542 bits per heavy atom. The molecular formula is C23H36O. The molecule has 24 heavy (non-hydrogen) atoms. The molecule has 1 nitrogen and oxygen atoms in total. The fourth-order valence-corrected chi connectivity index (χ4v) is 2.23. The summed E-state index contributed by atoms with van der Waals surface area (Å²) >= 11 is 0.